The second-order valence-electron chi connectivity index (χ2n) is 3.27. The molecule has 1 aliphatic rings. The van der Waals surface area contributed by atoms with Gasteiger partial charge in [-0.3, -0.25) is 0 Å². The molecule has 0 aliphatic heterocycles. The molecule has 68 valence electrons. The summed E-state index contributed by atoms with van der Waals surface area (Å²) in [6.45, 7) is 0. The Bertz CT molecular complexity index is 284. The highest BCUT2D eigenvalue weighted by molar-refractivity contribution is 5.85. The first-order chi connectivity index (χ1) is 6.45. The maximum Gasteiger partial charge on any atom is 0.157 e. The Morgan fingerprint density at radius 1 is 1.00 bits per heavy atom. The number of nitrogens with zero attached hydrogens (tertiary/aromatic N) is 1. The van der Waals surface area contributed by atoms with Crippen molar-refractivity contribution >= 4 is 5.71 Å². The Labute approximate surface area is 78.2 Å². The molecule has 0 amide bonds. The standard InChI is InChI=1S/C11H13NO/c1-2-8-11(9-3-1)13-12-10-6-4-5-7-10/h1-3,8-9H,4-7H2. The van der Waals surface area contributed by atoms with Crippen LogP contribution in [0.3, 0.4) is 0 Å². The van der Waals surface area contributed by atoms with Crippen LogP contribution in [0.5, 0.6) is 5.75 Å². The normalized spacial score (nSPS) is 15.8. The lowest BCUT2D eigenvalue weighted by molar-refractivity contribution is 0.339. The van der Waals surface area contributed by atoms with Crippen molar-refractivity contribution in [3.05, 3.63) is 30.3 Å². The van der Waals surface area contributed by atoms with E-state index in [1.54, 1.807) is 0 Å². The fourth-order valence-electron chi connectivity index (χ4n) is 1.47. The molecule has 1 aliphatic carbocycles. The zero-order valence-corrected chi connectivity index (χ0v) is 7.57. The molecule has 0 spiro atoms. The third kappa shape index (κ3) is 2.31. The smallest absolute Gasteiger partial charge is 0.157 e. The van der Waals surface area contributed by atoms with Crippen molar-refractivity contribution in [3.8, 4) is 5.75 Å². The molecule has 0 radical (unpaired) electrons. The fraction of sp³-hybridized carbons (Fsp3) is 0.364. The van der Waals surface area contributed by atoms with E-state index in [9.17, 15) is 0 Å². The molecule has 1 aromatic rings. The molecule has 1 fully saturated rings. The average molecular weight is 175 g/mol. The average Bonchev–Trinajstić information content (AvgIpc) is 2.69. The van der Waals surface area contributed by atoms with Crippen molar-refractivity contribution in [2.75, 3.05) is 0 Å². The van der Waals surface area contributed by atoms with E-state index >= 15 is 0 Å². The Balaban J connectivity index is 1.95. The fourth-order valence-corrected chi connectivity index (χ4v) is 1.47. The van der Waals surface area contributed by atoms with E-state index < -0.39 is 0 Å². The maximum atomic E-state index is 5.28. The summed E-state index contributed by atoms with van der Waals surface area (Å²) < 4.78 is 0. The van der Waals surface area contributed by atoms with Crippen molar-refractivity contribution in [2.24, 2.45) is 5.16 Å². The SMILES string of the molecule is c1ccc(ON=C2CCCC2)cc1. The van der Waals surface area contributed by atoms with Crippen LogP contribution in [-0.2, 0) is 0 Å². The first-order valence-electron chi connectivity index (χ1n) is 4.73. The Kier molecular flexibility index (Phi) is 2.60. The molecule has 0 heterocycles. The summed E-state index contributed by atoms with van der Waals surface area (Å²) in [7, 11) is 0. The van der Waals surface area contributed by atoms with Crippen LogP contribution in [0.15, 0.2) is 35.5 Å². The van der Waals surface area contributed by atoms with Gasteiger partial charge in [0.15, 0.2) is 5.75 Å². The van der Waals surface area contributed by atoms with Crippen LogP contribution in [0, 0.1) is 0 Å². The second-order valence-corrected chi connectivity index (χ2v) is 3.27. The second kappa shape index (κ2) is 4.08. The van der Waals surface area contributed by atoms with Gasteiger partial charge in [-0.1, -0.05) is 23.4 Å². The summed E-state index contributed by atoms with van der Waals surface area (Å²) in [5.41, 5.74) is 1.20. The van der Waals surface area contributed by atoms with E-state index in [4.69, 9.17) is 4.84 Å². The summed E-state index contributed by atoms with van der Waals surface area (Å²) >= 11 is 0. The van der Waals surface area contributed by atoms with Gasteiger partial charge in [0, 0.05) is 0 Å². The predicted octanol–water partition coefficient (Wildman–Crippen LogP) is 3.00. The number of oxime groups is 1. The van der Waals surface area contributed by atoms with E-state index in [2.05, 4.69) is 5.16 Å². The van der Waals surface area contributed by atoms with Gasteiger partial charge in [-0.15, -0.1) is 0 Å². The predicted molar refractivity (Wildman–Crippen MR) is 53.0 cm³/mol. The van der Waals surface area contributed by atoms with Gasteiger partial charge in [-0.2, -0.15) is 0 Å². The first kappa shape index (κ1) is 8.30. The summed E-state index contributed by atoms with van der Waals surface area (Å²) in [6.07, 6.45) is 4.73. The highest BCUT2D eigenvalue weighted by atomic mass is 16.6. The van der Waals surface area contributed by atoms with Crippen LogP contribution < -0.4 is 4.84 Å². The molecule has 0 N–H and O–H groups in total. The topological polar surface area (TPSA) is 21.6 Å². The van der Waals surface area contributed by atoms with Gasteiger partial charge in [-0.05, 0) is 37.8 Å². The van der Waals surface area contributed by atoms with E-state index in [1.807, 2.05) is 30.3 Å². The van der Waals surface area contributed by atoms with Crippen LogP contribution in [-0.4, -0.2) is 5.71 Å². The zero-order chi connectivity index (χ0) is 8.93. The van der Waals surface area contributed by atoms with Gasteiger partial charge in [0.1, 0.15) is 0 Å². The third-order valence-corrected chi connectivity index (χ3v) is 2.20. The van der Waals surface area contributed by atoms with Gasteiger partial charge in [0.2, 0.25) is 0 Å². The van der Waals surface area contributed by atoms with Crippen LogP contribution in [0.2, 0.25) is 0 Å². The van der Waals surface area contributed by atoms with Crippen molar-refractivity contribution in [1.29, 1.82) is 0 Å². The summed E-state index contributed by atoms with van der Waals surface area (Å²) in [5, 5.41) is 4.11. The summed E-state index contributed by atoms with van der Waals surface area (Å²) in [4.78, 5) is 5.28. The maximum absolute atomic E-state index is 5.28. The summed E-state index contributed by atoms with van der Waals surface area (Å²) in [5.74, 6) is 0.821. The van der Waals surface area contributed by atoms with Crippen molar-refractivity contribution in [2.45, 2.75) is 25.7 Å². The van der Waals surface area contributed by atoms with Crippen LogP contribution >= 0.6 is 0 Å². The highest BCUT2D eigenvalue weighted by Gasteiger charge is 2.08. The lowest BCUT2D eigenvalue weighted by atomic mass is 10.3. The molecule has 2 nitrogen and oxygen atoms in total. The van der Waals surface area contributed by atoms with Gasteiger partial charge < -0.3 is 4.84 Å². The minimum atomic E-state index is 0.821. The molecule has 0 aromatic heterocycles. The molecule has 0 atom stereocenters. The minimum Gasteiger partial charge on any atom is -0.357 e. The van der Waals surface area contributed by atoms with Crippen LogP contribution in [0.4, 0.5) is 0 Å². The van der Waals surface area contributed by atoms with Crippen LogP contribution in [0.25, 0.3) is 0 Å². The van der Waals surface area contributed by atoms with Gasteiger partial charge >= 0.3 is 0 Å². The molecular weight excluding hydrogens is 162 g/mol. The van der Waals surface area contributed by atoms with Crippen molar-refractivity contribution in [1.82, 2.24) is 0 Å². The lowest BCUT2D eigenvalue weighted by Crippen LogP contribution is -1.92. The highest BCUT2D eigenvalue weighted by Crippen LogP contribution is 2.16. The van der Waals surface area contributed by atoms with Crippen LogP contribution in [0.1, 0.15) is 25.7 Å². The van der Waals surface area contributed by atoms with Crippen molar-refractivity contribution in [3.63, 3.8) is 0 Å². The van der Waals surface area contributed by atoms with E-state index in [1.165, 1.54) is 18.6 Å². The molecular formula is C11H13NO. The number of hydrogen-bond acceptors (Lipinski definition) is 2. The molecule has 2 rings (SSSR count). The molecule has 2 heteroatoms. The minimum absolute atomic E-state index is 0.821. The molecule has 0 bridgehead atoms. The monoisotopic (exact) mass is 175 g/mol. The molecule has 0 saturated heterocycles. The van der Waals surface area contributed by atoms with Gasteiger partial charge in [0.05, 0.1) is 5.71 Å². The molecule has 1 saturated carbocycles. The number of para-hydroxylation sites is 1. The number of benzene rings is 1. The Morgan fingerprint density at radius 3 is 2.38 bits per heavy atom. The van der Waals surface area contributed by atoms with E-state index in [0.717, 1.165) is 18.6 Å². The van der Waals surface area contributed by atoms with Gasteiger partial charge in [-0.25, -0.2) is 0 Å². The van der Waals surface area contributed by atoms with Crippen molar-refractivity contribution < 1.29 is 4.84 Å². The number of hydrogen-bond donors (Lipinski definition) is 0. The van der Waals surface area contributed by atoms with E-state index in [0.29, 0.717) is 0 Å². The quantitative estimate of drug-likeness (QED) is 0.633. The van der Waals surface area contributed by atoms with E-state index in [-0.39, 0.29) is 0 Å². The number of rotatable bonds is 2. The first-order valence-corrected chi connectivity index (χ1v) is 4.73. The molecule has 1 aromatic carbocycles. The Morgan fingerprint density at radius 2 is 1.69 bits per heavy atom. The Hall–Kier alpha value is -1.31. The van der Waals surface area contributed by atoms with Gasteiger partial charge in [0.25, 0.3) is 0 Å². The molecule has 13 heavy (non-hydrogen) atoms. The summed E-state index contributed by atoms with van der Waals surface area (Å²) in [6, 6.07) is 9.70. The third-order valence-electron chi connectivity index (χ3n) is 2.20. The largest absolute Gasteiger partial charge is 0.357 e. The molecule has 0 unspecified atom stereocenters. The zero-order valence-electron chi connectivity index (χ0n) is 7.57. The lowest BCUT2D eigenvalue weighted by Gasteiger charge is -1.98.